The van der Waals surface area contributed by atoms with E-state index in [-0.39, 0.29) is 5.57 Å². The zero-order valence-corrected chi connectivity index (χ0v) is 19.9. The molecule has 0 saturated carbocycles. The van der Waals surface area contributed by atoms with E-state index in [1.165, 1.54) is 11.0 Å². The molecular weight excluding hydrogens is 430 g/mol. The highest BCUT2D eigenvalue weighted by atomic mass is 16.5. The van der Waals surface area contributed by atoms with Crippen molar-refractivity contribution in [1.82, 2.24) is 4.90 Å². The van der Waals surface area contributed by atoms with Crippen LogP contribution in [-0.2, 0) is 14.3 Å². The number of carbonyl (C=O) groups is 2. The maximum Gasteiger partial charge on any atom is 0.290 e. The average Bonchev–Trinajstić information content (AvgIpc) is 3.11. The van der Waals surface area contributed by atoms with Crippen molar-refractivity contribution in [3.05, 3.63) is 83.1 Å². The van der Waals surface area contributed by atoms with Crippen molar-refractivity contribution < 1.29 is 24.2 Å². The van der Waals surface area contributed by atoms with E-state index in [1.54, 1.807) is 13.2 Å². The summed E-state index contributed by atoms with van der Waals surface area (Å²) in [7, 11) is 1.60. The van der Waals surface area contributed by atoms with Gasteiger partial charge in [-0.2, -0.15) is 0 Å². The second kappa shape index (κ2) is 12.8. The van der Waals surface area contributed by atoms with Gasteiger partial charge in [0.05, 0.1) is 18.2 Å². The highest BCUT2D eigenvalue weighted by molar-refractivity contribution is 6.14. The van der Waals surface area contributed by atoms with E-state index < -0.39 is 23.5 Å². The molecule has 0 aromatic heterocycles. The maximum absolute atomic E-state index is 13.2. The molecule has 1 atom stereocenters. The first kappa shape index (κ1) is 25.2. The molecule has 3 rings (SSSR count). The molecule has 0 fully saturated rings. The SMILES string of the molecule is CCCCCOc1cccc(C2C(C(=O)C=Cc3ccccc3)=C(O)C(=O)N2CCCOC)c1. The van der Waals surface area contributed by atoms with Crippen molar-refractivity contribution in [2.75, 3.05) is 26.9 Å². The van der Waals surface area contributed by atoms with Gasteiger partial charge in [0, 0.05) is 20.3 Å². The minimum atomic E-state index is -0.698. The van der Waals surface area contributed by atoms with Gasteiger partial charge >= 0.3 is 0 Å². The molecule has 1 heterocycles. The number of nitrogens with zero attached hydrogens (tertiary/aromatic N) is 1. The van der Waals surface area contributed by atoms with E-state index in [0.29, 0.717) is 31.9 Å². The molecule has 180 valence electrons. The summed E-state index contributed by atoms with van der Waals surface area (Å²) in [4.78, 5) is 27.7. The summed E-state index contributed by atoms with van der Waals surface area (Å²) in [6.07, 6.45) is 6.83. The Balaban J connectivity index is 1.90. The van der Waals surface area contributed by atoms with Crippen molar-refractivity contribution >= 4 is 17.8 Å². The minimum Gasteiger partial charge on any atom is -0.503 e. The van der Waals surface area contributed by atoms with Crippen LogP contribution in [0.3, 0.4) is 0 Å². The molecule has 1 N–H and O–H groups in total. The van der Waals surface area contributed by atoms with Crippen molar-refractivity contribution in [2.24, 2.45) is 0 Å². The lowest BCUT2D eigenvalue weighted by Gasteiger charge is -2.27. The molecule has 1 aliphatic heterocycles. The van der Waals surface area contributed by atoms with E-state index in [4.69, 9.17) is 9.47 Å². The lowest BCUT2D eigenvalue weighted by atomic mass is 9.95. The van der Waals surface area contributed by atoms with Crippen molar-refractivity contribution in [3.8, 4) is 5.75 Å². The van der Waals surface area contributed by atoms with E-state index >= 15 is 0 Å². The Labute approximate surface area is 201 Å². The molecule has 0 spiro atoms. The Kier molecular flexibility index (Phi) is 9.47. The van der Waals surface area contributed by atoms with Crippen LogP contribution in [0.4, 0.5) is 0 Å². The predicted octanol–water partition coefficient (Wildman–Crippen LogP) is 5.27. The number of carbonyl (C=O) groups excluding carboxylic acids is 2. The smallest absolute Gasteiger partial charge is 0.290 e. The number of amides is 1. The Morgan fingerprint density at radius 2 is 1.85 bits per heavy atom. The summed E-state index contributed by atoms with van der Waals surface area (Å²) in [6.45, 7) is 3.56. The molecule has 0 radical (unpaired) electrons. The topological polar surface area (TPSA) is 76.1 Å². The van der Waals surface area contributed by atoms with E-state index in [9.17, 15) is 14.7 Å². The summed E-state index contributed by atoms with van der Waals surface area (Å²) in [5.41, 5.74) is 1.66. The third-order valence-electron chi connectivity index (χ3n) is 5.73. The fraction of sp³-hybridized carbons (Fsp3) is 0.357. The van der Waals surface area contributed by atoms with Crippen LogP contribution < -0.4 is 4.74 Å². The second-order valence-corrected chi connectivity index (χ2v) is 8.25. The monoisotopic (exact) mass is 463 g/mol. The fourth-order valence-corrected chi connectivity index (χ4v) is 4.00. The summed E-state index contributed by atoms with van der Waals surface area (Å²) in [6, 6.07) is 16.1. The normalized spacial score (nSPS) is 16.0. The van der Waals surface area contributed by atoms with Gasteiger partial charge in [0.15, 0.2) is 11.5 Å². The highest BCUT2D eigenvalue weighted by Crippen LogP contribution is 2.39. The first-order chi connectivity index (χ1) is 16.6. The molecular formula is C28H33NO5. The number of allylic oxidation sites excluding steroid dienone is 1. The zero-order valence-electron chi connectivity index (χ0n) is 19.9. The largest absolute Gasteiger partial charge is 0.503 e. The van der Waals surface area contributed by atoms with Gasteiger partial charge < -0.3 is 19.5 Å². The fourth-order valence-electron chi connectivity index (χ4n) is 4.00. The van der Waals surface area contributed by atoms with Gasteiger partial charge in [-0.3, -0.25) is 9.59 Å². The molecule has 0 aliphatic carbocycles. The number of aliphatic hydroxyl groups excluding tert-OH is 1. The average molecular weight is 464 g/mol. The van der Waals surface area contributed by atoms with Crippen LogP contribution in [0.1, 0.15) is 49.8 Å². The van der Waals surface area contributed by atoms with Crippen molar-refractivity contribution in [2.45, 2.75) is 38.6 Å². The maximum atomic E-state index is 13.2. The number of hydrogen-bond acceptors (Lipinski definition) is 5. The zero-order chi connectivity index (χ0) is 24.3. The van der Waals surface area contributed by atoms with Gasteiger partial charge in [0.25, 0.3) is 5.91 Å². The van der Waals surface area contributed by atoms with Crippen LogP contribution in [0.2, 0.25) is 0 Å². The standard InChI is InChI=1S/C28H33NO5/c1-3-4-8-19-34-23-14-9-13-22(20-23)26-25(24(30)16-15-21-11-6-5-7-12-21)27(31)28(32)29(26)17-10-18-33-2/h5-7,9,11-16,20,26,31H,3-4,8,10,17-19H2,1-2H3. The first-order valence-corrected chi connectivity index (χ1v) is 11.8. The quantitative estimate of drug-likeness (QED) is 0.323. The van der Waals surface area contributed by atoms with Crippen LogP contribution in [0.5, 0.6) is 5.75 Å². The molecule has 34 heavy (non-hydrogen) atoms. The third kappa shape index (κ3) is 6.35. The summed E-state index contributed by atoms with van der Waals surface area (Å²) < 4.78 is 11.0. The lowest BCUT2D eigenvalue weighted by Crippen LogP contribution is -2.32. The number of ether oxygens (including phenoxy) is 2. The summed E-state index contributed by atoms with van der Waals surface area (Å²) in [5.74, 6) is -0.773. The summed E-state index contributed by atoms with van der Waals surface area (Å²) in [5, 5.41) is 10.7. The molecule has 6 nitrogen and oxygen atoms in total. The second-order valence-electron chi connectivity index (χ2n) is 8.25. The first-order valence-electron chi connectivity index (χ1n) is 11.8. The van der Waals surface area contributed by atoms with Crippen molar-refractivity contribution in [3.63, 3.8) is 0 Å². The van der Waals surface area contributed by atoms with Gasteiger partial charge in [-0.1, -0.05) is 68.3 Å². The number of unbranched alkanes of at least 4 members (excludes halogenated alkanes) is 2. The molecule has 0 saturated heterocycles. The van der Waals surface area contributed by atoms with Crippen LogP contribution in [0.15, 0.2) is 72.0 Å². The Bertz CT molecular complexity index is 1030. The number of rotatable bonds is 13. The molecule has 2 aromatic carbocycles. The predicted molar refractivity (Wildman–Crippen MR) is 133 cm³/mol. The third-order valence-corrected chi connectivity index (χ3v) is 5.73. The van der Waals surface area contributed by atoms with E-state index in [1.807, 2.05) is 54.6 Å². The minimum absolute atomic E-state index is 0.0812. The molecule has 0 bridgehead atoms. The summed E-state index contributed by atoms with van der Waals surface area (Å²) >= 11 is 0. The molecule has 1 amide bonds. The molecule has 1 unspecified atom stereocenters. The van der Waals surface area contributed by atoms with E-state index in [2.05, 4.69) is 6.92 Å². The lowest BCUT2D eigenvalue weighted by molar-refractivity contribution is -0.129. The Hall–Kier alpha value is -3.38. The molecule has 1 aliphatic rings. The molecule has 6 heteroatoms. The highest BCUT2D eigenvalue weighted by Gasteiger charge is 2.42. The Morgan fingerprint density at radius 1 is 1.06 bits per heavy atom. The van der Waals surface area contributed by atoms with Gasteiger partial charge in [0.2, 0.25) is 0 Å². The van der Waals surface area contributed by atoms with Gasteiger partial charge in [0.1, 0.15) is 5.75 Å². The van der Waals surface area contributed by atoms with E-state index in [0.717, 1.165) is 30.4 Å². The van der Waals surface area contributed by atoms with Crippen LogP contribution in [0, 0.1) is 0 Å². The van der Waals surface area contributed by atoms with Gasteiger partial charge in [-0.25, -0.2) is 0 Å². The number of aliphatic hydroxyl groups is 1. The van der Waals surface area contributed by atoms with Crippen molar-refractivity contribution in [1.29, 1.82) is 0 Å². The van der Waals surface area contributed by atoms with Crippen LogP contribution in [-0.4, -0.2) is 48.6 Å². The Morgan fingerprint density at radius 3 is 2.59 bits per heavy atom. The van der Waals surface area contributed by atoms with Crippen LogP contribution >= 0.6 is 0 Å². The number of methoxy groups -OCH3 is 1. The van der Waals surface area contributed by atoms with Gasteiger partial charge in [-0.15, -0.1) is 0 Å². The van der Waals surface area contributed by atoms with Crippen LogP contribution in [0.25, 0.3) is 6.08 Å². The number of ketones is 1. The number of hydrogen-bond donors (Lipinski definition) is 1. The number of benzene rings is 2. The van der Waals surface area contributed by atoms with Gasteiger partial charge in [-0.05, 0) is 42.2 Å². The molecule has 2 aromatic rings.